The van der Waals surface area contributed by atoms with E-state index in [1.165, 1.54) is 16.3 Å². The van der Waals surface area contributed by atoms with Crippen LogP contribution in [0, 0.1) is 20.8 Å². The molecule has 0 aliphatic heterocycles. The molecule has 0 saturated heterocycles. The number of carbonyl (C=O) groups excluding carboxylic acids is 3. The molecule has 1 aliphatic carbocycles. The van der Waals surface area contributed by atoms with Crippen LogP contribution in [0.5, 0.6) is 0 Å². The number of primary amides is 1. The van der Waals surface area contributed by atoms with Crippen molar-refractivity contribution >= 4 is 35.2 Å². The summed E-state index contributed by atoms with van der Waals surface area (Å²) in [7, 11) is 0. The van der Waals surface area contributed by atoms with Gasteiger partial charge in [0, 0.05) is 25.0 Å². The van der Waals surface area contributed by atoms with Gasteiger partial charge in [-0.3, -0.25) is 9.59 Å². The number of aliphatic hydroxyl groups is 1. The highest BCUT2D eigenvalue weighted by Crippen LogP contribution is 2.42. The molecule has 0 spiro atoms. The first-order valence-corrected chi connectivity index (χ1v) is 10.4. The zero-order valence-electron chi connectivity index (χ0n) is 17.1. The normalized spacial score (nSPS) is 17.0. The van der Waals surface area contributed by atoms with E-state index in [2.05, 4.69) is 0 Å². The number of rotatable bonds is 6. The van der Waals surface area contributed by atoms with Crippen molar-refractivity contribution in [3.05, 3.63) is 39.7 Å². The second kappa shape index (κ2) is 8.82. The number of nitrogens with zero attached hydrogens (tertiary/aromatic N) is 1. The lowest BCUT2D eigenvalue weighted by molar-refractivity contribution is -0.122. The number of carbonyl (C=O) groups is 3. The zero-order chi connectivity index (χ0) is 21.2. The van der Waals surface area contributed by atoms with Crippen LogP contribution in [-0.4, -0.2) is 28.5 Å². The van der Waals surface area contributed by atoms with Crippen LogP contribution >= 0.6 is 11.9 Å². The highest BCUT2D eigenvalue weighted by molar-refractivity contribution is 8.01. The lowest BCUT2D eigenvalue weighted by atomic mass is 9.77. The minimum Gasteiger partial charge on any atom is -0.511 e. The summed E-state index contributed by atoms with van der Waals surface area (Å²) in [6.45, 7) is 9.40. The molecule has 0 fully saturated rings. The fourth-order valence-electron chi connectivity index (χ4n) is 4.09. The standard InChI is InChI=1S/C21H28N2O4S/c1-6-15(24)19-16(25)9-14(10-17(19)26)18-11(3)8-12(4)20(13(18)5)23(21(22)27)28-7-2/h8,14,25H,6-7,9-10H2,1-5H3,(H2,22,27). The Morgan fingerprint density at radius 3 is 2.36 bits per heavy atom. The molecule has 2 rings (SSSR count). The number of aliphatic hydroxyl groups excluding tert-OH is 1. The maximum absolute atomic E-state index is 12.6. The van der Waals surface area contributed by atoms with Crippen molar-refractivity contribution < 1.29 is 19.5 Å². The highest BCUT2D eigenvalue weighted by Gasteiger charge is 2.34. The maximum Gasteiger partial charge on any atom is 0.329 e. The zero-order valence-corrected chi connectivity index (χ0v) is 17.9. The summed E-state index contributed by atoms with van der Waals surface area (Å²) in [6, 6.07) is 1.42. The summed E-state index contributed by atoms with van der Waals surface area (Å²) in [5, 5.41) is 10.4. The summed E-state index contributed by atoms with van der Waals surface area (Å²) < 4.78 is 1.49. The molecular formula is C21H28N2O4S. The molecule has 28 heavy (non-hydrogen) atoms. The molecule has 152 valence electrons. The third kappa shape index (κ3) is 4.09. The summed E-state index contributed by atoms with van der Waals surface area (Å²) in [4.78, 5) is 36.6. The molecule has 7 heteroatoms. The molecule has 0 heterocycles. The Morgan fingerprint density at radius 2 is 1.86 bits per heavy atom. The van der Waals surface area contributed by atoms with E-state index in [-0.39, 0.29) is 48.1 Å². The second-order valence-electron chi connectivity index (χ2n) is 7.07. The van der Waals surface area contributed by atoms with E-state index in [0.717, 1.165) is 27.9 Å². The van der Waals surface area contributed by atoms with E-state index in [1.807, 2.05) is 33.8 Å². The third-order valence-corrected chi connectivity index (χ3v) is 5.98. The van der Waals surface area contributed by atoms with Crippen molar-refractivity contribution in [3.8, 4) is 0 Å². The number of aryl methyl sites for hydroxylation is 2. The summed E-state index contributed by atoms with van der Waals surface area (Å²) >= 11 is 1.32. The van der Waals surface area contributed by atoms with Gasteiger partial charge in [-0.1, -0.05) is 19.9 Å². The van der Waals surface area contributed by atoms with Crippen molar-refractivity contribution in [1.82, 2.24) is 0 Å². The first-order chi connectivity index (χ1) is 13.1. The predicted octanol–water partition coefficient (Wildman–Crippen LogP) is 4.40. The van der Waals surface area contributed by atoms with Gasteiger partial charge < -0.3 is 10.8 Å². The van der Waals surface area contributed by atoms with Crippen LogP contribution in [-0.2, 0) is 9.59 Å². The number of hydrogen-bond donors (Lipinski definition) is 2. The number of urea groups is 1. The Balaban J connectivity index is 2.57. The van der Waals surface area contributed by atoms with Crippen molar-refractivity contribution in [1.29, 1.82) is 0 Å². The number of amides is 2. The van der Waals surface area contributed by atoms with Crippen LogP contribution in [0.3, 0.4) is 0 Å². The summed E-state index contributed by atoms with van der Waals surface area (Å²) in [6.07, 6.45) is 0.575. The van der Waals surface area contributed by atoms with Gasteiger partial charge in [-0.05, 0) is 60.9 Å². The van der Waals surface area contributed by atoms with Crippen LogP contribution in [0.2, 0.25) is 0 Å². The van der Waals surface area contributed by atoms with Crippen molar-refractivity contribution in [2.24, 2.45) is 5.73 Å². The molecule has 0 bridgehead atoms. The lowest BCUT2D eigenvalue weighted by Gasteiger charge is -2.30. The van der Waals surface area contributed by atoms with Crippen LogP contribution in [0.15, 0.2) is 17.4 Å². The monoisotopic (exact) mass is 404 g/mol. The van der Waals surface area contributed by atoms with E-state index >= 15 is 0 Å². The van der Waals surface area contributed by atoms with Gasteiger partial charge in [-0.2, -0.15) is 0 Å². The first kappa shape index (κ1) is 22.0. The minimum atomic E-state index is -0.550. The SMILES string of the molecule is CCSN(C(N)=O)c1c(C)cc(C)c(C2CC(=O)C(C(=O)CC)=C(O)C2)c1C. The fraction of sp³-hybridized carbons (Fsp3) is 0.476. The van der Waals surface area contributed by atoms with Gasteiger partial charge in [-0.15, -0.1) is 0 Å². The van der Waals surface area contributed by atoms with Gasteiger partial charge in [0.15, 0.2) is 11.6 Å². The first-order valence-electron chi connectivity index (χ1n) is 9.45. The summed E-state index contributed by atoms with van der Waals surface area (Å²) in [5.74, 6) is -0.348. The Bertz CT molecular complexity index is 860. The lowest BCUT2D eigenvalue weighted by Crippen LogP contribution is -2.32. The van der Waals surface area contributed by atoms with Crippen LogP contribution in [0.1, 0.15) is 61.3 Å². The van der Waals surface area contributed by atoms with Gasteiger partial charge in [0.05, 0.1) is 11.3 Å². The van der Waals surface area contributed by atoms with E-state index in [4.69, 9.17) is 5.73 Å². The molecule has 1 aromatic carbocycles. The average molecular weight is 405 g/mol. The van der Waals surface area contributed by atoms with E-state index in [1.54, 1.807) is 6.92 Å². The maximum atomic E-state index is 12.6. The minimum absolute atomic E-state index is 0.0540. The Labute approximate surface area is 170 Å². The number of benzene rings is 1. The van der Waals surface area contributed by atoms with Crippen LogP contribution in [0.4, 0.5) is 10.5 Å². The molecule has 3 N–H and O–H groups in total. The topological polar surface area (TPSA) is 101 Å². The molecule has 0 aromatic heterocycles. The molecule has 0 saturated carbocycles. The Hall–Kier alpha value is -2.28. The van der Waals surface area contributed by atoms with Crippen LogP contribution < -0.4 is 10.0 Å². The average Bonchev–Trinajstić information content (AvgIpc) is 2.59. The van der Waals surface area contributed by atoms with Crippen molar-refractivity contribution in [2.75, 3.05) is 10.1 Å². The quantitative estimate of drug-likeness (QED) is 0.540. The number of Topliss-reactive ketones (excluding diaryl/α,β-unsaturated/α-hetero) is 2. The van der Waals surface area contributed by atoms with E-state index in [0.29, 0.717) is 5.75 Å². The number of hydrogen-bond acceptors (Lipinski definition) is 5. The van der Waals surface area contributed by atoms with E-state index < -0.39 is 6.03 Å². The molecule has 6 nitrogen and oxygen atoms in total. The molecule has 1 aliphatic rings. The molecule has 1 atom stereocenters. The molecule has 0 radical (unpaired) electrons. The number of nitrogens with two attached hydrogens (primary N) is 1. The fourth-order valence-corrected chi connectivity index (χ4v) is 4.89. The van der Waals surface area contributed by atoms with Crippen LogP contribution in [0.25, 0.3) is 0 Å². The van der Waals surface area contributed by atoms with Gasteiger partial charge >= 0.3 is 6.03 Å². The second-order valence-corrected chi connectivity index (χ2v) is 8.28. The van der Waals surface area contributed by atoms with Crippen molar-refractivity contribution in [2.45, 2.75) is 59.8 Å². The van der Waals surface area contributed by atoms with Gasteiger partial charge in [0.1, 0.15) is 5.76 Å². The van der Waals surface area contributed by atoms with Gasteiger partial charge in [0.25, 0.3) is 0 Å². The van der Waals surface area contributed by atoms with Gasteiger partial charge in [-0.25, -0.2) is 9.10 Å². The molecule has 1 unspecified atom stereocenters. The summed E-state index contributed by atoms with van der Waals surface area (Å²) in [5.41, 5.74) is 9.97. The third-order valence-electron chi connectivity index (χ3n) is 5.10. The van der Waals surface area contributed by atoms with Gasteiger partial charge in [0.2, 0.25) is 0 Å². The Kier molecular flexibility index (Phi) is 6.93. The highest BCUT2D eigenvalue weighted by atomic mass is 32.2. The molecule has 1 aromatic rings. The number of anilines is 1. The predicted molar refractivity (Wildman–Crippen MR) is 113 cm³/mol. The smallest absolute Gasteiger partial charge is 0.329 e. The molecular weight excluding hydrogens is 376 g/mol. The Morgan fingerprint density at radius 1 is 1.21 bits per heavy atom. The molecule has 2 amide bonds. The van der Waals surface area contributed by atoms with Crippen molar-refractivity contribution in [3.63, 3.8) is 0 Å². The number of allylic oxidation sites excluding steroid dienone is 2. The van der Waals surface area contributed by atoms with E-state index in [9.17, 15) is 19.5 Å². The largest absolute Gasteiger partial charge is 0.511 e. The number of ketones is 2.